The number of hydrogen-bond acceptors (Lipinski definition) is 3. The maximum absolute atomic E-state index is 12.8. The van der Waals surface area contributed by atoms with Crippen LogP contribution in [0.4, 0.5) is 4.79 Å². The predicted octanol–water partition coefficient (Wildman–Crippen LogP) is 3.73. The molecule has 0 spiro atoms. The first kappa shape index (κ1) is 19.3. The molecule has 1 N–H and O–H groups in total. The van der Waals surface area contributed by atoms with Crippen LogP contribution >= 0.6 is 0 Å². The quantitative estimate of drug-likeness (QED) is 0.818. The van der Waals surface area contributed by atoms with Crippen LogP contribution in [-0.2, 0) is 16.1 Å². The molecule has 0 aromatic heterocycles. The summed E-state index contributed by atoms with van der Waals surface area (Å²) in [6, 6.07) is 9.31. The molecule has 1 unspecified atom stereocenters. The van der Waals surface area contributed by atoms with Gasteiger partial charge in [0.15, 0.2) is 0 Å². The molecule has 1 atom stereocenters. The van der Waals surface area contributed by atoms with Crippen molar-refractivity contribution in [1.82, 2.24) is 10.2 Å². The van der Waals surface area contributed by atoms with Gasteiger partial charge in [0.25, 0.3) is 0 Å². The van der Waals surface area contributed by atoms with Gasteiger partial charge in [-0.1, -0.05) is 43.2 Å². The largest absolute Gasteiger partial charge is 0.444 e. The number of amides is 2. The van der Waals surface area contributed by atoms with E-state index in [1.54, 1.807) is 11.9 Å². The lowest BCUT2D eigenvalue weighted by atomic mass is 10.1. The van der Waals surface area contributed by atoms with Gasteiger partial charge in [-0.3, -0.25) is 4.79 Å². The summed E-state index contributed by atoms with van der Waals surface area (Å²) in [5, 5.41) is 2.77. The van der Waals surface area contributed by atoms with Crippen molar-refractivity contribution in [3.63, 3.8) is 0 Å². The van der Waals surface area contributed by atoms with Crippen molar-refractivity contribution < 1.29 is 14.3 Å². The molecule has 2 rings (SSSR count). The van der Waals surface area contributed by atoms with Gasteiger partial charge in [-0.25, -0.2) is 4.79 Å². The number of nitrogens with zero attached hydrogens (tertiary/aromatic N) is 1. The lowest BCUT2D eigenvalue weighted by Crippen LogP contribution is -2.48. The van der Waals surface area contributed by atoms with Crippen molar-refractivity contribution in [2.24, 2.45) is 5.92 Å². The molecule has 5 nitrogen and oxygen atoms in total. The van der Waals surface area contributed by atoms with Gasteiger partial charge in [0, 0.05) is 13.6 Å². The van der Waals surface area contributed by atoms with E-state index in [4.69, 9.17) is 4.74 Å². The average molecular weight is 346 g/mol. The molecule has 1 aliphatic rings. The molecule has 1 aromatic rings. The Hall–Kier alpha value is -2.04. The second kappa shape index (κ2) is 8.37. The average Bonchev–Trinajstić information content (AvgIpc) is 3.34. The van der Waals surface area contributed by atoms with E-state index >= 15 is 0 Å². The first-order valence-corrected chi connectivity index (χ1v) is 9.03. The molecule has 0 heterocycles. The van der Waals surface area contributed by atoms with E-state index in [0.717, 1.165) is 12.0 Å². The highest BCUT2D eigenvalue weighted by Gasteiger charge is 2.29. The van der Waals surface area contributed by atoms with Gasteiger partial charge < -0.3 is 15.0 Å². The van der Waals surface area contributed by atoms with Crippen LogP contribution in [0.2, 0.25) is 0 Å². The summed E-state index contributed by atoms with van der Waals surface area (Å²) in [5.41, 5.74) is 0.487. The third-order valence-electron chi connectivity index (χ3n) is 4.19. The van der Waals surface area contributed by atoms with Crippen molar-refractivity contribution in [1.29, 1.82) is 0 Å². The molecule has 1 fully saturated rings. The second-order valence-electron chi connectivity index (χ2n) is 7.90. The van der Waals surface area contributed by atoms with Crippen molar-refractivity contribution in [3.05, 3.63) is 35.9 Å². The molecule has 1 aromatic carbocycles. The third kappa shape index (κ3) is 7.16. The maximum atomic E-state index is 12.8. The number of benzene rings is 1. The van der Waals surface area contributed by atoms with Gasteiger partial charge in [-0.2, -0.15) is 0 Å². The first-order valence-electron chi connectivity index (χ1n) is 9.03. The summed E-state index contributed by atoms with van der Waals surface area (Å²) in [6.07, 6.45) is 3.54. The van der Waals surface area contributed by atoms with Crippen molar-refractivity contribution in [2.75, 3.05) is 7.05 Å². The number of ether oxygens (including phenoxy) is 1. The smallest absolute Gasteiger partial charge is 0.408 e. The molecule has 0 radical (unpaired) electrons. The fourth-order valence-corrected chi connectivity index (χ4v) is 2.72. The topological polar surface area (TPSA) is 58.6 Å². The van der Waals surface area contributed by atoms with Crippen molar-refractivity contribution >= 4 is 12.0 Å². The Balaban J connectivity index is 1.96. The number of likely N-dealkylation sites (N-methyl/N-ethyl adjacent to an activating group) is 1. The van der Waals surface area contributed by atoms with E-state index < -0.39 is 17.7 Å². The minimum absolute atomic E-state index is 0.0737. The normalized spacial score (nSPS) is 15.4. The monoisotopic (exact) mass is 346 g/mol. The standard InChI is InChI=1S/C20H30N2O3/c1-20(2,3)25-19(24)21-17(13-12-15-10-11-15)18(23)22(4)14-16-8-6-5-7-9-16/h5-9,15,17H,10-14H2,1-4H3,(H,21,24). The van der Waals surface area contributed by atoms with Gasteiger partial charge >= 0.3 is 6.09 Å². The highest BCUT2D eigenvalue weighted by Crippen LogP contribution is 2.34. The molecule has 1 saturated carbocycles. The number of carbonyl (C=O) groups excluding carboxylic acids is 2. The van der Waals surface area contributed by atoms with Crippen LogP contribution in [0.5, 0.6) is 0 Å². The Morgan fingerprint density at radius 1 is 1.24 bits per heavy atom. The van der Waals surface area contributed by atoms with E-state index in [0.29, 0.717) is 18.9 Å². The van der Waals surface area contributed by atoms with Crippen molar-refractivity contribution in [2.45, 2.75) is 64.6 Å². The Morgan fingerprint density at radius 2 is 1.88 bits per heavy atom. The maximum Gasteiger partial charge on any atom is 0.408 e. The summed E-state index contributed by atoms with van der Waals surface area (Å²) in [6.45, 7) is 5.97. The van der Waals surface area contributed by atoms with Crippen LogP contribution in [0.25, 0.3) is 0 Å². The predicted molar refractivity (Wildman–Crippen MR) is 98.0 cm³/mol. The second-order valence-corrected chi connectivity index (χ2v) is 7.90. The molecule has 138 valence electrons. The Labute approximate surface area is 150 Å². The van der Waals surface area contributed by atoms with Gasteiger partial charge in [-0.05, 0) is 45.1 Å². The highest BCUT2D eigenvalue weighted by atomic mass is 16.6. The van der Waals surface area contributed by atoms with Crippen LogP contribution in [0, 0.1) is 5.92 Å². The van der Waals surface area contributed by atoms with Crippen LogP contribution in [0.3, 0.4) is 0 Å². The van der Waals surface area contributed by atoms with Crippen LogP contribution < -0.4 is 5.32 Å². The minimum Gasteiger partial charge on any atom is -0.444 e. The summed E-state index contributed by atoms with van der Waals surface area (Å²) >= 11 is 0. The zero-order valence-electron chi connectivity index (χ0n) is 15.7. The van der Waals surface area contributed by atoms with Crippen LogP contribution in [0.1, 0.15) is 52.0 Å². The van der Waals surface area contributed by atoms with Gasteiger partial charge in [0.2, 0.25) is 5.91 Å². The van der Waals surface area contributed by atoms with Gasteiger partial charge in [0.05, 0.1) is 0 Å². The summed E-state index contributed by atoms with van der Waals surface area (Å²) in [5.74, 6) is 0.630. The zero-order valence-corrected chi connectivity index (χ0v) is 15.7. The molecule has 1 aliphatic carbocycles. The van der Waals surface area contributed by atoms with Crippen LogP contribution in [-0.4, -0.2) is 35.6 Å². The summed E-state index contributed by atoms with van der Waals surface area (Å²) in [7, 11) is 1.77. The van der Waals surface area contributed by atoms with Gasteiger partial charge in [-0.15, -0.1) is 0 Å². The zero-order chi connectivity index (χ0) is 18.4. The highest BCUT2D eigenvalue weighted by molar-refractivity contribution is 5.85. The lowest BCUT2D eigenvalue weighted by Gasteiger charge is -2.26. The third-order valence-corrected chi connectivity index (χ3v) is 4.19. The number of carbonyl (C=O) groups is 2. The fraction of sp³-hybridized carbons (Fsp3) is 0.600. The summed E-state index contributed by atoms with van der Waals surface area (Å²) in [4.78, 5) is 26.6. The Bertz CT molecular complexity index is 576. The van der Waals surface area contributed by atoms with Crippen LogP contribution in [0.15, 0.2) is 30.3 Å². The number of rotatable bonds is 7. The van der Waals surface area contributed by atoms with E-state index in [1.807, 2.05) is 51.1 Å². The van der Waals surface area contributed by atoms with Gasteiger partial charge in [0.1, 0.15) is 11.6 Å². The Morgan fingerprint density at radius 3 is 2.44 bits per heavy atom. The van der Waals surface area contributed by atoms with E-state index in [2.05, 4.69) is 5.32 Å². The van der Waals surface area contributed by atoms with Crippen molar-refractivity contribution in [3.8, 4) is 0 Å². The summed E-state index contributed by atoms with van der Waals surface area (Å²) < 4.78 is 5.32. The molecular weight excluding hydrogens is 316 g/mol. The van der Waals surface area contributed by atoms with E-state index in [9.17, 15) is 9.59 Å². The van der Waals surface area contributed by atoms with E-state index in [1.165, 1.54) is 12.8 Å². The lowest BCUT2D eigenvalue weighted by molar-refractivity contribution is -0.132. The number of nitrogens with one attached hydrogen (secondary N) is 1. The fourth-order valence-electron chi connectivity index (χ4n) is 2.72. The number of hydrogen-bond donors (Lipinski definition) is 1. The molecular formula is C20H30N2O3. The molecule has 5 heteroatoms. The van der Waals surface area contributed by atoms with E-state index in [-0.39, 0.29) is 5.91 Å². The molecule has 0 saturated heterocycles. The molecule has 0 aliphatic heterocycles. The molecule has 2 amide bonds. The number of alkyl carbamates (subject to hydrolysis) is 1. The molecule has 25 heavy (non-hydrogen) atoms. The first-order chi connectivity index (χ1) is 11.7. The SMILES string of the molecule is CN(Cc1ccccc1)C(=O)C(CCC1CC1)NC(=O)OC(C)(C)C. The minimum atomic E-state index is -0.579. The Kier molecular flexibility index (Phi) is 6.45. The molecule has 0 bridgehead atoms.